The molecule has 0 aliphatic carbocycles. The van der Waals surface area contributed by atoms with Crippen LogP contribution in [0.5, 0.6) is 0 Å². The molecular formula is C12H17N3O. The minimum atomic E-state index is 0.281. The second-order valence-electron chi connectivity index (χ2n) is 4.40. The van der Waals surface area contributed by atoms with Crippen LogP contribution in [0.1, 0.15) is 19.1 Å². The van der Waals surface area contributed by atoms with E-state index in [9.17, 15) is 0 Å². The molecule has 1 aliphatic heterocycles. The maximum absolute atomic E-state index is 8.72. The van der Waals surface area contributed by atoms with Gasteiger partial charge in [-0.05, 0) is 19.1 Å². The van der Waals surface area contributed by atoms with E-state index in [1.807, 2.05) is 12.1 Å². The summed E-state index contributed by atoms with van der Waals surface area (Å²) in [5.74, 6) is 0.991. The molecule has 1 aromatic heterocycles. The summed E-state index contributed by atoms with van der Waals surface area (Å²) >= 11 is 0. The molecule has 1 fully saturated rings. The predicted molar refractivity (Wildman–Crippen MR) is 60.6 cm³/mol. The average molecular weight is 219 g/mol. The SMILES string of the molecule is CC1CN(Cc2ccco2)CC(CC#N)N1. The molecule has 2 atom stereocenters. The quantitative estimate of drug-likeness (QED) is 0.834. The Labute approximate surface area is 95.8 Å². The highest BCUT2D eigenvalue weighted by atomic mass is 16.3. The van der Waals surface area contributed by atoms with Crippen LogP contribution in [0.25, 0.3) is 0 Å². The first kappa shape index (κ1) is 11.2. The third-order valence-electron chi connectivity index (χ3n) is 2.83. The van der Waals surface area contributed by atoms with Crippen molar-refractivity contribution in [3.05, 3.63) is 24.2 Å². The number of hydrogen-bond donors (Lipinski definition) is 1. The molecule has 86 valence electrons. The number of piperazine rings is 1. The van der Waals surface area contributed by atoms with Crippen LogP contribution < -0.4 is 5.32 Å². The molecule has 0 amide bonds. The summed E-state index contributed by atoms with van der Waals surface area (Å²) in [6.45, 7) is 4.90. The fourth-order valence-corrected chi connectivity index (χ4v) is 2.27. The predicted octanol–water partition coefficient (Wildman–Crippen LogP) is 1.36. The summed E-state index contributed by atoms with van der Waals surface area (Å²) in [6, 6.07) is 6.84. The highest BCUT2D eigenvalue weighted by Crippen LogP contribution is 2.11. The van der Waals surface area contributed by atoms with Crippen LogP contribution in [0, 0.1) is 11.3 Å². The summed E-state index contributed by atoms with van der Waals surface area (Å²) in [6.07, 6.45) is 2.27. The Morgan fingerprint density at radius 3 is 3.19 bits per heavy atom. The van der Waals surface area contributed by atoms with Crippen LogP contribution in [0.15, 0.2) is 22.8 Å². The number of nitrogens with one attached hydrogen (secondary N) is 1. The molecule has 0 saturated carbocycles. The molecule has 1 N–H and O–H groups in total. The molecule has 4 heteroatoms. The lowest BCUT2D eigenvalue weighted by atomic mass is 10.1. The molecule has 0 spiro atoms. The van der Waals surface area contributed by atoms with E-state index in [1.54, 1.807) is 6.26 Å². The Morgan fingerprint density at radius 2 is 2.50 bits per heavy atom. The average Bonchev–Trinajstić information content (AvgIpc) is 2.70. The van der Waals surface area contributed by atoms with Gasteiger partial charge in [-0.25, -0.2) is 0 Å². The third-order valence-corrected chi connectivity index (χ3v) is 2.83. The molecule has 4 nitrogen and oxygen atoms in total. The topological polar surface area (TPSA) is 52.2 Å². The van der Waals surface area contributed by atoms with Crippen molar-refractivity contribution in [2.24, 2.45) is 0 Å². The number of rotatable bonds is 3. The second kappa shape index (κ2) is 5.15. The molecule has 2 rings (SSSR count). The monoisotopic (exact) mass is 219 g/mol. The van der Waals surface area contributed by atoms with E-state index < -0.39 is 0 Å². The van der Waals surface area contributed by atoms with Crippen LogP contribution in [-0.4, -0.2) is 30.1 Å². The summed E-state index contributed by atoms with van der Waals surface area (Å²) in [5.41, 5.74) is 0. The Hall–Kier alpha value is -1.31. The molecule has 0 radical (unpaired) electrons. The molecule has 1 aromatic rings. The fourth-order valence-electron chi connectivity index (χ4n) is 2.27. The normalized spacial score (nSPS) is 26.5. The van der Waals surface area contributed by atoms with Crippen LogP contribution in [0.2, 0.25) is 0 Å². The van der Waals surface area contributed by atoms with Gasteiger partial charge in [-0.1, -0.05) is 0 Å². The summed E-state index contributed by atoms with van der Waals surface area (Å²) in [4.78, 5) is 2.34. The van der Waals surface area contributed by atoms with Crippen molar-refractivity contribution in [2.75, 3.05) is 13.1 Å². The van der Waals surface area contributed by atoms with E-state index in [-0.39, 0.29) is 6.04 Å². The smallest absolute Gasteiger partial charge is 0.117 e. The third kappa shape index (κ3) is 2.84. The maximum atomic E-state index is 8.72. The van der Waals surface area contributed by atoms with Crippen LogP contribution in [0.3, 0.4) is 0 Å². The fraction of sp³-hybridized carbons (Fsp3) is 0.583. The Bertz CT molecular complexity index is 355. The largest absolute Gasteiger partial charge is 0.468 e. The van der Waals surface area contributed by atoms with E-state index >= 15 is 0 Å². The zero-order valence-corrected chi connectivity index (χ0v) is 9.52. The summed E-state index contributed by atoms with van der Waals surface area (Å²) < 4.78 is 5.34. The summed E-state index contributed by atoms with van der Waals surface area (Å²) in [7, 11) is 0. The first-order valence-electron chi connectivity index (χ1n) is 5.65. The Morgan fingerprint density at radius 1 is 1.62 bits per heavy atom. The lowest BCUT2D eigenvalue weighted by Gasteiger charge is -2.36. The van der Waals surface area contributed by atoms with E-state index in [0.29, 0.717) is 12.5 Å². The van der Waals surface area contributed by atoms with Crippen molar-refractivity contribution >= 4 is 0 Å². The molecule has 1 saturated heterocycles. The van der Waals surface area contributed by atoms with Gasteiger partial charge in [0.15, 0.2) is 0 Å². The molecule has 1 aliphatic rings. The molecule has 0 aromatic carbocycles. The molecular weight excluding hydrogens is 202 g/mol. The van der Waals surface area contributed by atoms with Gasteiger partial charge in [0.25, 0.3) is 0 Å². The van der Waals surface area contributed by atoms with Gasteiger partial charge in [-0.3, -0.25) is 4.90 Å². The second-order valence-corrected chi connectivity index (χ2v) is 4.40. The zero-order valence-electron chi connectivity index (χ0n) is 9.52. The van der Waals surface area contributed by atoms with Crippen molar-refractivity contribution in [1.29, 1.82) is 5.26 Å². The first-order chi connectivity index (χ1) is 7.78. The van der Waals surface area contributed by atoms with E-state index in [4.69, 9.17) is 9.68 Å². The molecule has 0 bridgehead atoms. The molecule has 2 unspecified atom stereocenters. The standard InChI is InChI=1S/C12H17N3O/c1-10-7-15(8-11(14-10)4-5-13)9-12-3-2-6-16-12/h2-3,6,10-11,14H,4,7-9H2,1H3. The van der Waals surface area contributed by atoms with Crippen LogP contribution in [-0.2, 0) is 6.54 Å². The van der Waals surface area contributed by atoms with Crippen LogP contribution in [0.4, 0.5) is 0 Å². The highest BCUT2D eigenvalue weighted by Gasteiger charge is 2.23. The van der Waals surface area contributed by atoms with E-state index in [2.05, 4.69) is 23.2 Å². The van der Waals surface area contributed by atoms with Crippen molar-refractivity contribution in [3.63, 3.8) is 0 Å². The van der Waals surface area contributed by atoms with E-state index in [1.165, 1.54) is 0 Å². The van der Waals surface area contributed by atoms with Crippen molar-refractivity contribution in [2.45, 2.75) is 32.0 Å². The zero-order chi connectivity index (χ0) is 11.4. The molecule has 16 heavy (non-hydrogen) atoms. The van der Waals surface area contributed by atoms with Crippen molar-refractivity contribution in [1.82, 2.24) is 10.2 Å². The van der Waals surface area contributed by atoms with Crippen molar-refractivity contribution in [3.8, 4) is 6.07 Å². The van der Waals surface area contributed by atoms with Gasteiger partial charge in [0.2, 0.25) is 0 Å². The summed E-state index contributed by atoms with van der Waals surface area (Å²) in [5, 5.41) is 12.2. The van der Waals surface area contributed by atoms with E-state index in [0.717, 1.165) is 25.4 Å². The highest BCUT2D eigenvalue weighted by molar-refractivity contribution is 4.99. The minimum Gasteiger partial charge on any atom is -0.468 e. The van der Waals surface area contributed by atoms with Gasteiger partial charge in [-0.15, -0.1) is 0 Å². The molecule has 2 heterocycles. The maximum Gasteiger partial charge on any atom is 0.117 e. The van der Waals surface area contributed by atoms with Gasteiger partial charge in [0, 0.05) is 25.2 Å². The van der Waals surface area contributed by atoms with Crippen molar-refractivity contribution < 1.29 is 4.42 Å². The Balaban J connectivity index is 1.92. The van der Waals surface area contributed by atoms with Gasteiger partial charge in [-0.2, -0.15) is 5.26 Å². The van der Waals surface area contributed by atoms with Gasteiger partial charge in [0.05, 0.1) is 25.3 Å². The minimum absolute atomic E-state index is 0.281. The van der Waals surface area contributed by atoms with Gasteiger partial charge < -0.3 is 9.73 Å². The number of nitrogens with zero attached hydrogens (tertiary/aromatic N) is 2. The number of furan rings is 1. The van der Waals surface area contributed by atoms with Gasteiger partial charge in [0.1, 0.15) is 5.76 Å². The number of nitriles is 1. The lowest BCUT2D eigenvalue weighted by Crippen LogP contribution is -2.54. The Kier molecular flexibility index (Phi) is 3.60. The van der Waals surface area contributed by atoms with Gasteiger partial charge >= 0.3 is 0 Å². The number of hydrogen-bond acceptors (Lipinski definition) is 4. The lowest BCUT2D eigenvalue weighted by molar-refractivity contribution is 0.151. The first-order valence-corrected chi connectivity index (χ1v) is 5.65. The van der Waals surface area contributed by atoms with Crippen LogP contribution >= 0.6 is 0 Å².